The number of anilines is 3. The van der Waals surface area contributed by atoms with E-state index in [0.717, 1.165) is 23.5 Å². The summed E-state index contributed by atoms with van der Waals surface area (Å²) >= 11 is 0. The van der Waals surface area contributed by atoms with Crippen LogP contribution in [0.2, 0.25) is 0 Å². The molecule has 0 bridgehead atoms. The fourth-order valence-corrected chi connectivity index (χ4v) is 3.94. The van der Waals surface area contributed by atoms with Crippen molar-refractivity contribution in [3.05, 3.63) is 66.7 Å². The maximum absolute atomic E-state index is 6.27. The first-order valence-electron chi connectivity index (χ1n) is 9.08. The molecule has 0 spiro atoms. The van der Waals surface area contributed by atoms with E-state index in [1.54, 1.807) is 0 Å². The van der Waals surface area contributed by atoms with Crippen molar-refractivity contribution in [3.63, 3.8) is 0 Å². The molecule has 0 saturated carbocycles. The molecule has 0 N–H and O–H groups in total. The van der Waals surface area contributed by atoms with Crippen LogP contribution in [0.3, 0.4) is 0 Å². The molecular weight excluding hydrogens is 319 g/mol. The molecule has 1 aliphatic heterocycles. The van der Waals surface area contributed by atoms with Gasteiger partial charge < -0.3 is 14.2 Å². The summed E-state index contributed by atoms with van der Waals surface area (Å²) in [4.78, 5) is 4.81. The summed E-state index contributed by atoms with van der Waals surface area (Å²) in [5, 5.41) is 2.34. The maximum Gasteiger partial charge on any atom is 0.159 e. The Morgan fingerprint density at radius 3 is 2.27 bits per heavy atom. The number of para-hydroxylation sites is 4. The Morgan fingerprint density at radius 1 is 0.808 bits per heavy atom. The van der Waals surface area contributed by atoms with Crippen LogP contribution in [0.5, 0.6) is 0 Å². The van der Waals surface area contributed by atoms with Gasteiger partial charge in [-0.1, -0.05) is 42.5 Å². The van der Waals surface area contributed by atoms with Gasteiger partial charge in [-0.15, -0.1) is 0 Å². The Kier molecular flexibility index (Phi) is 3.14. The van der Waals surface area contributed by atoms with E-state index in [2.05, 4.69) is 86.1 Å². The van der Waals surface area contributed by atoms with Gasteiger partial charge in [0.1, 0.15) is 13.4 Å². The topological polar surface area (TPSA) is 19.6 Å². The van der Waals surface area contributed by atoms with Crippen LogP contribution in [0.4, 0.5) is 17.1 Å². The van der Waals surface area contributed by atoms with Gasteiger partial charge in [0.15, 0.2) is 5.58 Å². The minimum Gasteiger partial charge on any atom is -0.454 e. The quantitative estimate of drug-likeness (QED) is 0.485. The molecule has 0 amide bonds. The monoisotopic (exact) mass is 340 g/mol. The molecule has 0 unspecified atom stereocenters. The molecule has 128 valence electrons. The lowest BCUT2D eigenvalue weighted by Gasteiger charge is -2.34. The predicted octanol–water partition coefficient (Wildman–Crippen LogP) is 4.87. The highest BCUT2D eigenvalue weighted by atomic mass is 16.3. The molecule has 0 atom stereocenters. The Hall–Kier alpha value is -2.88. The Morgan fingerprint density at radius 2 is 1.46 bits per heavy atom. The largest absolute Gasteiger partial charge is 0.454 e. The number of furan rings is 1. The van der Waals surface area contributed by atoms with Crippen LogP contribution < -0.4 is 9.80 Å². The zero-order valence-corrected chi connectivity index (χ0v) is 15.4. The number of hydrogen-bond donors (Lipinski definition) is 0. The van der Waals surface area contributed by atoms with E-state index in [1.165, 1.54) is 22.1 Å². The molecule has 0 radical (unpaired) electrons. The SMILES string of the molecule is BC(C)(C)N1CN(c2cccc3c2oc2ccccc23)c2ccccc21. The van der Waals surface area contributed by atoms with Crippen molar-refractivity contribution >= 4 is 46.8 Å². The van der Waals surface area contributed by atoms with Gasteiger partial charge in [0, 0.05) is 16.2 Å². The van der Waals surface area contributed by atoms with Gasteiger partial charge in [0.25, 0.3) is 0 Å². The van der Waals surface area contributed by atoms with E-state index in [9.17, 15) is 0 Å². The molecule has 4 heteroatoms. The number of hydrogen-bond acceptors (Lipinski definition) is 3. The van der Waals surface area contributed by atoms with Gasteiger partial charge in [-0.3, -0.25) is 0 Å². The molecule has 0 saturated heterocycles. The van der Waals surface area contributed by atoms with Crippen molar-refractivity contribution in [2.24, 2.45) is 0 Å². The summed E-state index contributed by atoms with van der Waals surface area (Å²) in [7, 11) is 2.26. The lowest BCUT2D eigenvalue weighted by Crippen LogP contribution is -2.45. The van der Waals surface area contributed by atoms with E-state index < -0.39 is 0 Å². The van der Waals surface area contributed by atoms with Gasteiger partial charge in [-0.05, 0) is 38.1 Å². The number of benzene rings is 3. The second-order valence-electron chi connectivity index (χ2n) is 7.91. The Balaban J connectivity index is 1.74. The van der Waals surface area contributed by atoms with Crippen LogP contribution in [0.15, 0.2) is 71.1 Å². The first kappa shape index (κ1) is 15.4. The first-order chi connectivity index (χ1) is 12.5. The molecule has 4 aromatic rings. The second-order valence-corrected chi connectivity index (χ2v) is 7.91. The third-order valence-corrected chi connectivity index (χ3v) is 5.23. The van der Waals surface area contributed by atoms with Gasteiger partial charge in [0.05, 0.1) is 23.7 Å². The summed E-state index contributed by atoms with van der Waals surface area (Å²) in [6, 6.07) is 23.3. The molecule has 2 heterocycles. The van der Waals surface area contributed by atoms with Crippen molar-refractivity contribution < 1.29 is 4.42 Å². The van der Waals surface area contributed by atoms with E-state index in [1.807, 2.05) is 12.1 Å². The second kappa shape index (κ2) is 5.31. The van der Waals surface area contributed by atoms with Crippen LogP contribution in [0, 0.1) is 0 Å². The zero-order chi connectivity index (χ0) is 17.9. The van der Waals surface area contributed by atoms with Gasteiger partial charge in [0.2, 0.25) is 0 Å². The number of fused-ring (bicyclic) bond motifs is 4. The third-order valence-electron chi connectivity index (χ3n) is 5.23. The first-order valence-corrected chi connectivity index (χ1v) is 9.08. The summed E-state index contributed by atoms with van der Waals surface area (Å²) in [5.41, 5.74) is 5.57. The fourth-order valence-electron chi connectivity index (χ4n) is 3.94. The van der Waals surface area contributed by atoms with Crippen molar-refractivity contribution in [1.82, 2.24) is 0 Å². The van der Waals surface area contributed by atoms with E-state index in [-0.39, 0.29) is 5.44 Å². The normalized spacial score (nSPS) is 14.4. The molecule has 3 nitrogen and oxygen atoms in total. The van der Waals surface area contributed by atoms with Gasteiger partial charge in [-0.2, -0.15) is 0 Å². The molecule has 3 aromatic carbocycles. The molecule has 5 rings (SSSR count). The summed E-state index contributed by atoms with van der Waals surface area (Å²) < 4.78 is 6.27. The maximum atomic E-state index is 6.27. The van der Waals surface area contributed by atoms with E-state index in [4.69, 9.17) is 4.42 Å². The standard InChI is InChI=1S/C22H21BN2O/c1-22(2,23)25-14-24(17-10-4-5-11-18(17)25)19-12-7-9-16-15-8-3-6-13-20(15)26-21(16)19/h3-13H,14,23H2,1-2H3. The highest BCUT2D eigenvalue weighted by Gasteiger charge is 2.34. The molecular formula is C22H21BN2O. The van der Waals surface area contributed by atoms with E-state index in [0.29, 0.717) is 0 Å². The van der Waals surface area contributed by atoms with Crippen molar-refractivity contribution in [3.8, 4) is 0 Å². The lowest BCUT2D eigenvalue weighted by molar-refractivity contribution is 0.638. The van der Waals surface area contributed by atoms with Gasteiger partial charge in [-0.25, -0.2) is 0 Å². The highest BCUT2D eigenvalue weighted by Crippen LogP contribution is 2.45. The van der Waals surface area contributed by atoms with Gasteiger partial charge >= 0.3 is 0 Å². The zero-order valence-electron chi connectivity index (χ0n) is 15.4. The highest BCUT2D eigenvalue weighted by molar-refractivity contribution is 6.17. The van der Waals surface area contributed by atoms with Crippen LogP contribution in [-0.2, 0) is 0 Å². The Bertz CT molecular complexity index is 1130. The molecule has 1 aliphatic rings. The average molecular weight is 340 g/mol. The predicted molar refractivity (Wildman–Crippen MR) is 112 cm³/mol. The van der Waals surface area contributed by atoms with Crippen LogP contribution in [0.1, 0.15) is 13.8 Å². The molecule has 26 heavy (non-hydrogen) atoms. The molecule has 1 aromatic heterocycles. The third kappa shape index (κ3) is 2.15. The van der Waals surface area contributed by atoms with Crippen molar-refractivity contribution in [2.45, 2.75) is 19.3 Å². The summed E-state index contributed by atoms with van der Waals surface area (Å²) in [6.07, 6.45) is 0. The Labute approximate surface area is 154 Å². The van der Waals surface area contributed by atoms with Crippen LogP contribution in [0.25, 0.3) is 21.9 Å². The van der Waals surface area contributed by atoms with Crippen molar-refractivity contribution in [1.29, 1.82) is 0 Å². The molecule has 0 aliphatic carbocycles. The van der Waals surface area contributed by atoms with Crippen LogP contribution in [-0.4, -0.2) is 20.0 Å². The molecule has 0 fully saturated rings. The summed E-state index contributed by atoms with van der Waals surface area (Å²) in [5.74, 6) is 0. The van der Waals surface area contributed by atoms with E-state index >= 15 is 0 Å². The summed E-state index contributed by atoms with van der Waals surface area (Å²) in [6.45, 7) is 5.34. The number of nitrogens with zero attached hydrogens (tertiary/aromatic N) is 2. The lowest BCUT2D eigenvalue weighted by atomic mass is 9.80. The fraction of sp³-hybridized carbons (Fsp3) is 0.182. The number of rotatable bonds is 2. The average Bonchev–Trinajstić information content (AvgIpc) is 3.20. The van der Waals surface area contributed by atoms with Crippen LogP contribution >= 0.6 is 0 Å². The minimum absolute atomic E-state index is 0.0482. The minimum atomic E-state index is 0.0482. The van der Waals surface area contributed by atoms with Crippen molar-refractivity contribution in [2.75, 3.05) is 16.5 Å². The smallest absolute Gasteiger partial charge is 0.159 e.